The van der Waals surface area contributed by atoms with Gasteiger partial charge in [0.25, 0.3) is 5.91 Å². The molecule has 0 radical (unpaired) electrons. The van der Waals surface area contributed by atoms with Crippen LogP contribution in [-0.2, 0) is 6.42 Å². The van der Waals surface area contributed by atoms with Gasteiger partial charge in [-0.2, -0.15) is 18.3 Å². The van der Waals surface area contributed by atoms with Crippen molar-refractivity contribution in [1.82, 2.24) is 15.1 Å². The van der Waals surface area contributed by atoms with E-state index in [1.54, 1.807) is 30.3 Å². The van der Waals surface area contributed by atoms with Gasteiger partial charge in [-0.15, -0.1) is 0 Å². The van der Waals surface area contributed by atoms with Gasteiger partial charge in [-0.05, 0) is 41.8 Å². The van der Waals surface area contributed by atoms with Crippen LogP contribution in [0.4, 0.5) is 19.0 Å². The van der Waals surface area contributed by atoms with E-state index < -0.39 is 24.2 Å². The average molecular weight is 518 g/mol. The lowest BCUT2D eigenvalue weighted by molar-refractivity contribution is -0.173. The monoisotopic (exact) mass is 518 g/mol. The van der Waals surface area contributed by atoms with Crippen molar-refractivity contribution in [3.8, 4) is 23.0 Å². The molecule has 0 aliphatic carbocycles. The molecule has 37 heavy (non-hydrogen) atoms. The number of alkyl halides is 3. The van der Waals surface area contributed by atoms with Gasteiger partial charge in [-0.25, -0.2) is 4.68 Å². The van der Waals surface area contributed by atoms with Gasteiger partial charge < -0.3 is 29.6 Å². The Morgan fingerprint density at radius 1 is 1.11 bits per heavy atom. The normalized spacial score (nSPS) is 18.1. The van der Waals surface area contributed by atoms with E-state index in [4.69, 9.17) is 18.9 Å². The number of hydrogen-bond acceptors (Lipinski definition) is 7. The zero-order valence-corrected chi connectivity index (χ0v) is 20.1. The maximum atomic E-state index is 14.0. The SMILES string of the molecule is COc1ccc(CCNC(=O)c2cc3n(n2)[C@H](C(F)(F)F)C[C@@H](c2ccc4c(c2)OCO4)N3)cc1OC. The number of fused-ring (bicyclic) bond motifs is 2. The van der Waals surface area contributed by atoms with Crippen LogP contribution in [0, 0.1) is 0 Å². The van der Waals surface area contributed by atoms with Crippen LogP contribution in [-0.4, -0.2) is 49.4 Å². The number of nitrogens with zero attached hydrogens (tertiary/aromatic N) is 2. The molecule has 196 valence electrons. The summed E-state index contributed by atoms with van der Waals surface area (Å²) < 4.78 is 64.0. The van der Waals surface area contributed by atoms with Crippen molar-refractivity contribution < 1.29 is 36.9 Å². The molecule has 0 saturated carbocycles. The van der Waals surface area contributed by atoms with Crippen LogP contribution in [0.5, 0.6) is 23.0 Å². The fourth-order valence-corrected chi connectivity index (χ4v) is 4.48. The van der Waals surface area contributed by atoms with Crippen molar-refractivity contribution in [2.24, 2.45) is 0 Å². The molecule has 0 fully saturated rings. The molecule has 0 spiro atoms. The van der Waals surface area contributed by atoms with Gasteiger partial charge in [0.2, 0.25) is 6.79 Å². The second kappa shape index (κ2) is 9.75. The number of carbonyl (C=O) groups is 1. The van der Waals surface area contributed by atoms with E-state index in [-0.39, 0.29) is 31.3 Å². The van der Waals surface area contributed by atoms with Crippen molar-refractivity contribution in [2.75, 3.05) is 32.9 Å². The number of benzene rings is 2. The Kier molecular flexibility index (Phi) is 6.48. The predicted octanol–water partition coefficient (Wildman–Crippen LogP) is 4.26. The van der Waals surface area contributed by atoms with Crippen molar-refractivity contribution in [1.29, 1.82) is 0 Å². The van der Waals surface area contributed by atoms with E-state index in [2.05, 4.69) is 15.7 Å². The van der Waals surface area contributed by atoms with Gasteiger partial charge in [0.1, 0.15) is 5.82 Å². The number of rotatable bonds is 7. The summed E-state index contributed by atoms with van der Waals surface area (Å²) in [6.45, 7) is 0.325. The highest BCUT2D eigenvalue weighted by molar-refractivity contribution is 5.93. The van der Waals surface area contributed by atoms with Crippen LogP contribution < -0.4 is 29.6 Å². The highest BCUT2D eigenvalue weighted by atomic mass is 19.4. The minimum absolute atomic E-state index is 0.0688. The minimum atomic E-state index is -4.56. The smallest absolute Gasteiger partial charge is 0.410 e. The van der Waals surface area contributed by atoms with Crippen molar-refractivity contribution in [3.63, 3.8) is 0 Å². The Bertz CT molecular complexity index is 1310. The summed E-state index contributed by atoms with van der Waals surface area (Å²) in [6.07, 6.45) is -4.37. The summed E-state index contributed by atoms with van der Waals surface area (Å²) >= 11 is 0. The summed E-state index contributed by atoms with van der Waals surface area (Å²) in [6, 6.07) is 9.23. The molecule has 12 heteroatoms. The standard InChI is InChI=1S/C25H25F3N4O5/c1-34-18-5-3-14(9-20(18)35-2)7-8-29-24(33)17-12-23-30-16(11-22(25(26,27)28)32(23)31-17)15-4-6-19-21(10-15)37-13-36-19/h3-6,9-10,12,16,22,30H,7-8,11,13H2,1-2H3,(H,29,33)/t16-,22-/m0/s1. The van der Waals surface area contributed by atoms with E-state index in [1.165, 1.54) is 20.3 Å². The zero-order chi connectivity index (χ0) is 26.2. The lowest BCUT2D eigenvalue weighted by atomic mass is 9.96. The van der Waals surface area contributed by atoms with Gasteiger partial charge in [0.15, 0.2) is 34.7 Å². The van der Waals surface area contributed by atoms with Gasteiger partial charge in [-0.3, -0.25) is 4.79 Å². The molecule has 2 aliphatic heterocycles. The predicted molar refractivity (Wildman–Crippen MR) is 126 cm³/mol. The number of halogens is 3. The van der Waals surface area contributed by atoms with Crippen LogP contribution in [0.2, 0.25) is 0 Å². The number of amides is 1. The zero-order valence-electron chi connectivity index (χ0n) is 20.1. The van der Waals surface area contributed by atoms with Gasteiger partial charge in [-0.1, -0.05) is 12.1 Å². The lowest BCUT2D eigenvalue weighted by Crippen LogP contribution is -2.35. The topological polar surface area (TPSA) is 95.9 Å². The number of carbonyl (C=O) groups excluding carboxylic acids is 1. The number of nitrogens with one attached hydrogen (secondary N) is 2. The fraction of sp³-hybridized carbons (Fsp3) is 0.360. The van der Waals surface area contributed by atoms with E-state index in [0.29, 0.717) is 35.0 Å². The molecule has 0 saturated heterocycles. The highest BCUT2D eigenvalue weighted by Gasteiger charge is 2.47. The molecule has 0 bridgehead atoms. The van der Waals surface area contributed by atoms with Crippen molar-refractivity contribution in [2.45, 2.75) is 31.1 Å². The first kappa shape index (κ1) is 24.6. The molecular weight excluding hydrogens is 493 g/mol. The average Bonchev–Trinajstić information content (AvgIpc) is 3.53. The Hall–Kier alpha value is -4.09. The Balaban J connectivity index is 1.30. The summed E-state index contributed by atoms with van der Waals surface area (Å²) in [7, 11) is 3.07. The first-order chi connectivity index (χ1) is 17.8. The summed E-state index contributed by atoms with van der Waals surface area (Å²) in [4.78, 5) is 12.7. The van der Waals surface area contributed by atoms with E-state index in [1.807, 2.05) is 6.07 Å². The molecule has 2 N–H and O–H groups in total. The van der Waals surface area contributed by atoms with E-state index in [0.717, 1.165) is 10.2 Å². The third-order valence-electron chi connectivity index (χ3n) is 6.37. The Labute approximate surface area is 210 Å². The molecule has 1 aromatic heterocycles. The van der Waals surface area contributed by atoms with Crippen LogP contribution in [0.3, 0.4) is 0 Å². The summed E-state index contributed by atoms with van der Waals surface area (Å²) in [5, 5.41) is 9.81. The third kappa shape index (κ3) is 4.95. The lowest BCUT2D eigenvalue weighted by Gasteiger charge is -2.33. The molecule has 3 aromatic rings. The van der Waals surface area contributed by atoms with Crippen LogP contribution in [0.15, 0.2) is 42.5 Å². The van der Waals surface area contributed by atoms with Crippen LogP contribution in [0.25, 0.3) is 0 Å². The highest BCUT2D eigenvalue weighted by Crippen LogP contribution is 2.45. The maximum absolute atomic E-state index is 14.0. The second-order valence-electron chi connectivity index (χ2n) is 8.66. The number of methoxy groups -OCH3 is 2. The van der Waals surface area contributed by atoms with Gasteiger partial charge in [0, 0.05) is 19.0 Å². The number of hydrogen-bond donors (Lipinski definition) is 2. The van der Waals surface area contributed by atoms with E-state index in [9.17, 15) is 18.0 Å². The number of anilines is 1. The van der Waals surface area contributed by atoms with Crippen LogP contribution in [0.1, 0.15) is 40.1 Å². The second-order valence-corrected chi connectivity index (χ2v) is 8.66. The third-order valence-corrected chi connectivity index (χ3v) is 6.37. The van der Waals surface area contributed by atoms with E-state index >= 15 is 0 Å². The van der Waals surface area contributed by atoms with Crippen molar-refractivity contribution in [3.05, 3.63) is 59.3 Å². The molecule has 2 aliphatic rings. The largest absolute Gasteiger partial charge is 0.493 e. The van der Waals surface area contributed by atoms with Gasteiger partial charge in [0.05, 0.1) is 20.3 Å². The Morgan fingerprint density at radius 3 is 2.65 bits per heavy atom. The Morgan fingerprint density at radius 2 is 1.89 bits per heavy atom. The molecular formula is C25H25F3N4O5. The van der Waals surface area contributed by atoms with Crippen LogP contribution >= 0.6 is 0 Å². The first-order valence-corrected chi connectivity index (χ1v) is 11.6. The quantitative estimate of drug-likeness (QED) is 0.483. The number of ether oxygens (including phenoxy) is 4. The summed E-state index contributed by atoms with van der Waals surface area (Å²) in [5.74, 6) is 1.73. The number of aromatic nitrogens is 2. The molecule has 0 unspecified atom stereocenters. The molecule has 3 heterocycles. The summed E-state index contributed by atoms with van der Waals surface area (Å²) in [5.41, 5.74) is 1.41. The molecule has 1 amide bonds. The minimum Gasteiger partial charge on any atom is -0.493 e. The molecule has 5 rings (SSSR count). The molecule has 9 nitrogen and oxygen atoms in total. The fourth-order valence-electron chi connectivity index (χ4n) is 4.48. The maximum Gasteiger partial charge on any atom is 0.410 e. The van der Waals surface area contributed by atoms with Gasteiger partial charge >= 0.3 is 6.18 Å². The molecule has 2 atom stereocenters. The first-order valence-electron chi connectivity index (χ1n) is 11.6. The van der Waals surface area contributed by atoms with Crippen molar-refractivity contribution >= 4 is 11.7 Å². The molecule has 2 aromatic carbocycles.